The zero-order valence-electron chi connectivity index (χ0n) is 9.11. The van der Waals surface area contributed by atoms with Gasteiger partial charge in [-0.2, -0.15) is 11.8 Å². The summed E-state index contributed by atoms with van der Waals surface area (Å²) < 4.78 is 10.5. The highest BCUT2D eigenvalue weighted by atomic mass is 32.2. The van der Waals surface area contributed by atoms with Crippen LogP contribution in [-0.4, -0.2) is 43.3 Å². The number of carbonyl (C=O) groups is 1. The molecule has 88 valence electrons. The van der Waals surface area contributed by atoms with Gasteiger partial charge in [-0.05, 0) is 18.4 Å². The number of hydrogen-bond acceptors (Lipinski definition) is 5. The standard InChI is InChI=1S/C10H19NO3S/c1-15-7-4-9(11)10(12)14-8-2-5-13-6-3-8/h8-9H,2-7,11H2,1H3. The van der Waals surface area contributed by atoms with Crippen LogP contribution in [0.25, 0.3) is 0 Å². The molecule has 2 N–H and O–H groups in total. The number of ether oxygens (including phenoxy) is 2. The monoisotopic (exact) mass is 233 g/mol. The van der Waals surface area contributed by atoms with Crippen LogP contribution in [-0.2, 0) is 14.3 Å². The van der Waals surface area contributed by atoms with Gasteiger partial charge in [0.15, 0.2) is 0 Å². The summed E-state index contributed by atoms with van der Waals surface area (Å²) in [5, 5.41) is 0. The van der Waals surface area contributed by atoms with Gasteiger partial charge in [0.25, 0.3) is 0 Å². The van der Waals surface area contributed by atoms with Gasteiger partial charge in [-0.1, -0.05) is 0 Å². The van der Waals surface area contributed by atoms with Crippen molar-refractivity contribution in [2.24, 2.45) is 5.73 Å². The molecule has 1 unspecified atom stereocenters. The summed E-state index contributed by atoms with van der Waals surface area (Å²) in [7, 11) is 0. The molecule has 0 saturated carbocycles. The highest BCUT2D eigenvalue weighted by Crippen LogP contribution is 2.12. The molecule has 0 aromatic carbocycles. The molecule has 1 aliphatic rings. The maximum absolute atomic E-state index is 11.5. The Balaban J connectivity index is 2.20. The van der Waals surface area contributed by atoms with E-state index < -0.39 is 6.04 Å². The predicted molar refractivity (Wildman–Crippen MR) is 60.9 cm³/mol. The molecule has 1 saturated heterocycles. The summed E-state index contributed by atoms with van der Waals surface area (Å²) in [6.45, 7) is 1.36. The summed E-state index contributed by atoms with van der Waals surface area (Å²) in [6, 6.07) is -0.472. The molecule has 0 amide bonds. The first-order valence-electron chi connectivity index (χ1n) is 5.26. The van der Waals surface area contributed by atoms with Crippen LogP contribution in [0.5, 0.6) is 0 Å². The van der Waals surface area contributed by atoms with Crippen molar-refractivity contribution in [1.29, 1.82) is 0 Å². The molecule has 0 radical (unpaired) electrons. The normalized spacial score (nSPS) is 19.9. The SMILES string of the molecule is CSCCC(N)C(=O)OC1CCOCC1. The third kappa shape index (κ3) is 4.86. The van der Waals surface area contributed by atoms with Crippen molar-refractivity contribution in [1.82, 2.24) is 0 Å². The van der Waals surface area contributed by atoms with Crippen molar-refractivity contribution in [3.05, 3.63) is 0 Å². The van der Waals surface area contributed by atoms with E-state index in [1.165, 1.54) is 0 Å². The first-order valence-corrected chi connectivity index (χ1v) is 6.66. The van der Waals surface area contributed by atoms with Crippen LogP contribution in [0.1, 0.15) is 19.3 Å². The van der Waals surface area contributed by atoms with Gasteiger partial charge in [0.05, 0.1) is 13.2 Å². The number of esters is 1. The van der Waals surface area contributed by atoms with Gasteiger partial charge in [-0.15, -0.1) is 0 Å². The minimum Gasteiger partial charge on any atom is -0.461 e. The Morgan fingerprint density at radius 2 is 2.27 bits per heavy atom. The molecule has 1 atom stereocenters. The summed E-state index contributed by atoms with van der Waals surface area (Å²) in [5.41, 5.74) is 5.70. The van der Waals surface area contributed by atoms with Gasteiger partial charge in [-0.3, -0.25) is 4.79 Å². The molecule has 1 rings (SSSR count). The number of hydrogen-bond donors (Lipinski definition) is 1. The van der Waals surface area contributed by atoms with Gasteiger partial charge in [0, 0.05) is 12.8 Å². The Kier molecular flexibility index (Phi) is 6.05. The van der Waals surface area contributed by atoms with Crippen molar-refractivity contribution >= 4 is 17.7 Å². The van der Waals surface area contributed by atoms with Crippen molar-refractivity contribution in [2.75, 3.05) is 25.2 Å². The lowest BCUT2D eigenvalue weighted by molar-refractivity contribution is -0.154. The summed E-state index contributed by atoms with van der Waals surface area (Å²) in [4.78, 5) is 11.5. The Bertz CT molecular complexity index is 195. The van der Waals surface area contributed by atoms with E-state index in [-0.39, 0.29) is 12.1 Å². The fourth-order valence-corrected chi connectivity index (χ4v) is 1.90. The maximum Gasteiger partial charge on any atom is 0.323 e. The molecular formula is C10H19NO3S. The molecule has 4 nitrogen and oxygen atoms in total. The zero-order chi connectivity index (χ0) is 11.1. The quantitative estimate of drug-likeness (QED) is 0.711. The van der Waals surface area contributed by atoms with E-state index >= 15 is 0 Å². The van der Waals surface area contributed by atoms with Gasteiger partial charge in [0.1, 0.15) is 12.1 Å². The average molecular weight is 233 g/mol. The van der Waals surface area contributed by atoms with E-state index in [1.54, 1.807) is 11.8 Å². The Labute approximate surface area is 94.9 Å². The molecule has 0 aromatic heterocycles. The minimum absolute atomic E-state index is 0.00609. The second-order valence-electron chi connectivity index (χ2n) is 3.64. The van der Waals surface area contributed by atoms with E-state index in [4.69, 9.17) is 15.2 Å². The predicted octanol–water partition coefficient (Wildman–Crippen LogP) is 0.789. The topological polar surface area (TPSA) is 61.6 Å². The van der Waals surface area contributed by atoms with Crippen molar-refractivity contribution in [3.8, 4) is 0 Å². The van der Waals surface area contributed by atoms with E-state index in [1.807, 2.05) is 6.26 Å². The second-order valence-corrected chi connectivity index (χ2v) is 4.62. The van der Waals surface area contributed by atoms with Crippen molar-refractivity contribution in [3.63, 3.8) is 0 Å². The highest BCUT2D eigenvalue weighted by Gasteiger charge is 2.21. The average Bonchev–Trinajstić information content (AvgIpc) is 2.27. The number of rotatable bonds is 5. The third-order valence-corrected chi connectivity index (χ3v) is 3.03. The van der Waals surface area contributed by atoms with Crippen molar-refractivity contribution < 1.29 is 14.3 Å². The Morgan fingerprint density at radius 3 is 2.87 bits per heavy atom. The van der Waals surface area contributed by atoms with Crippen LogP contribution >= 0.6 is 11.8 Å². The lowest BCUT2D eigenvalue weighted by Crippen LogP contribution is -2.37. The van der Waals surface area contributed by atoms with Crippen LogP contribution in [0.3, 0.4) is 0 Å². The fourth-order valence-electron chi connectivity index (χ4n) is 1.41. The third-order valence-electron chi connectivity index (χ3n) is 2.39. The summed E-state index contributed by atoms with van der Waals surface area (Å²) in [6.07, 6.45) is 4.27. The van der Waals surface area contributed by atoms with E-state index in [2.05, 4.69) is 0 Å². The molecule has 15 heavy (non-hydrogen) atoms. The molecule has 1 aliphatic heterocycles. The van der Waals surface area contributed by atoms with Crippen LogP contribution in [0.2, 0.25) is 0 Å². The second kappa shape index (κ2) is 7.09. The van der Waals surface area contributed by atoms with E-state index in [9.17, 15) is 4.79 Å². The first kappa shape index (κ1) is 12.8. The number of nitrogens with two attached hydrogens (primary N) is 1. The molecule has 0 aliphatic carbocycles. The highest BCUT2D eigenvalue weighted by molar-refractivity contribution is 7.98. The molecule has 0 aromatic rings. The molecular weight excluding hydrogens is 214 g/mol. The van der Waals surface area contributed by atoms with Gasteiger partial charge in [-0.25, -0.2) is 0 Å². The molecule has 5 heteroatoms. The van der Waals surface area contributed by atoms with Gasteiger partial charge >= 0.3 is 5.97 Å². The largest absolute Gasteiger partial charge is 0.461 e. The van der Waals surface area contributed by atoms with E-state index in [0.717, 1.165) is 18.6 Å². The maximum atomic E-state index is 11.5. The molecule has 0 spiro atoms. The minimum atomic E-state index is -0.472. The zero-order valence-corrected chi connectivity index (χ0v) is 9.92. The number of thioether (sulfide) groups is 1. The lowest BCUT2D eigenvalue weighted by atomic mass is 10.1. The Morgan fingerprint density at radius 1 is 1.60 bits per heavy atom. The first-order chi connectivity index (χ1) is 7.24. The van der Waals surface area contributed by atoms with Crippen LogP contribution in [0, 0.1) is 0 Å². The Hall–Kier alpha value is -0.260. The van der Waals surface area contributed by atoms with E-state index in [0.29, 0.717) is 19.6 Å². The summed E-state index contributed by atoms with van der Waals surface area (Å²) in [5.74, 6) is 0.625. The van der Waals surface area contributed by atoms with Crippen LogP contribution in [0.15, 0.2) is 0 Å². The number of carbonyl (C=O) groups excluding carboxylic acids is 1. The molecule has 1 fully saturated rings. The fraction of sp³-hybridized carbons (Fsp3) is 0.900. The molecule has 1 heterocycles. The van der Waals surface area contributed by atoms with Gasteiger partial charge < -0.3 is 15.2 Å². The molecule has 0 bridgehead atoms. The van der Waals surface area contributed by atoms with Gasteiger partial charge in [0.2, 0.25) is 0 Å². The van der Waals surface area contributed by atoms with Crippen LogP contribution in [0.4, 0.5) is 0 Å². The summed E-state index contributed by atoms with van der Waals surface area (Å²) >= 11 is 1.69. The smallest absolute Gasteiger partial charge is 0.323 e. The lowest BCUT2D eigenvalue weighted by Gasteiger charge is -2.23. The van der Waals surface area contributed by atoms with Crippen molar-refractivity contribution in [2.45, 2.75) is 31.4 Å². The van der Waals surface area contributed by atoms with Crippen LogP contribution < -0.4 is 5.73 Å².